The van der Waals surface area contributed by atoms with Crippen LogP contribution in [-0.2, 0) is 14.2 Å². The molecule has 4 heteroatoms. The number of aliphatic hydroxyl groups is 1. The molecule has 1 aliphatic carbocycles. The van der Waals surface area contributed by atoms with Crippen molar-refractivity contribution in [1.82, 2.24) is 0 Å². The molecule has 0 amide bonds. The molecule has 0 saturated heterocycles. The molecule has 0 heterocycles. The van der Waals surface area contributed by atoms with Gasteiger partial charge in [0.2, 0.25) is 0 Å². The molecule has 4 nitrogen and oxygen atoms in total. The van der Waals surface area contributed by atoms with Crippen LogP contribution in [0.25, 0.3) is 0 Å². The summed E-state index contributed by atoms with van der Waals surface area (Å²) in [6, 6.07) is 0. The molecule has 114 valence electrons. The van der Waals surface area contributed by atoms with Crippen LogP contribution in [0.3, 0.4) is 0 Å². The molecule has 0 aromatic rings. The molecule has 1 N–H and O–H groups in total. The van der Waals surface area contributed by atoms with Crippen LogP contribution >= 0.6 is 0 Å². The molecule has 2 atom stereocenters. The monoisotopic (exact) mass is 274 g/mol. The van der Waals surface area contributed by atoms with Crippen LogP contribution in [0.2, 0.25) is 0 Å². The molecule has 1 fully saturated rings. The molecule has 0 bridgehead atoms. The summed E-state index contributed by atoms with van der Waals surface area (Å²) in [5.74, 6) is 0.552. The van der Waals surface area contributed by atoms with Crippen molar-refractivity contribution >= 4 is 0 Å². The van der Waals surface area contributed by atoms with Crippen LogP contribution in [-0.4, -0.2) is 50.9 Å². The minimum absolute atomic E-state index is 0.101. The lowest BCUT2D eigenvalue weighted by molar-refractivity contribution is 0.0286. The van der Waals surface area contributed by atoms with E-state index in [0.29, 0.717) is 5.92 Å². The number of ether oxygens (including phenoxy) is 3. The third kappa shape index (κ3) is 9.38. The summed E-state index contributed by atoms with van der Waals surface area (Å²) in [6.07, 6.45) is 6.03. The van der Waals surface area contributed by atoms with Crippen LogP contribution < -0.4 is 0 Å². The van der Waals surface area contributed by atoms with Gasteiger partial charge in [0, 0.05) is 39.6 Å². The van der Waals surface area contributed by atoms with Crippen LogP contribution in [0, 0.1) is 5.92 Å². The van der Waals surface area contributed by atoms with Crippen molar-refractivity contribution in [1.29, 1.82) is 0 Å². The second-order valence-electron chi connectivity index (χ2n) is 5.28. The van der Waals surface area contributed by atoms with E-state index >= 15 is 0 Å². The first-order chi connectivity index (χ1) is 9.33. The smallest absolute Gasteiger partial charge is 0.0543 e. The molecule has 0 aliphatic heterocycles. The second-order valence-corrected chi connectivity index (χ2v) is 5.28. The van der Waals surface area contributed by atoms with Gasteiger partial charge in [0.05, 0.1) is 6.10 Å². The van der Waals surface area contributed by atoms with Gasteiger partial charge < -0.3 is 19.3 Å². The molecular formula is C15H30O4. The van der Waals surface area contributed by atoms with Crippen molar-refractivity contribution in [2.45, 2.75) is 51.6 Å². The lowest BCUT2D eigenvalue weighted by Gasteiger charge is -2.25. The zero-order valence-corrected chi connectivity index (χ0v) is 12.3. The predicted molar refractivity (Wildman–Crippen MR) is 75.3 cm³/mol. The molecule has 0 radical (unpaired) electrons. The summed E-state index contributed by atoms with van der Waals surface area (Å²) in [5, 5.41) is 9.56. The fourth-order valence-corrected chi connectivity index (χ4v) is 2.44. The van der Waals surface area contributed by atoms with E-state index in [1.54, 1.807) is 0 Å². The lowest BCUT2D eigenvalue weighted by atomic mass is 9.88. The third-order valence-electron chi connectivity index (χ3n) is 3.47. The summed E-state index contributed by atoms with van der Waals surface area (Å²) in [4.78, 5) is 0. The first-order valence-electron chi connectivity index (χ1n) is 7.74. The van der Waals surface area contributed by atoms with Gasteiger partial charge in [-0.2, -0.15) is 0 Å². The van der Waals surface area contributed by atoms with E-state index in [0.717, 1.165) is 71.7 Å². The third-order valence-corrected chi connectivity index (χ3v) is 3.47. The molecule has 1 rings (SSSR count). The van der Waals surface area contributed by atoms with Gasteiger partial charge in [0.15, 0.2) is 0 Å². The lowest BCUT2D eigenvalue weighted by Crippen LogP contribution is -2.23. The Balaban J connectivity index is 1.78. The average Bonchev–Trinajstić information content (AvgIpc) is 2.41. The van der Waals surface area contributed by atoms with Gasteiger partial charge in [-0.15, -0.1) is 0 Å². The van der Waals surface area contributed by atoms with E-state index in [9.17, 15) is 5.11 Å². The maximum Gasteiger partial charge on any atom is 0.0543 e. The van der Waals surface area contributed by atoms with Crippen molar-refractivity contribution in [3.8, 4) is 0 Å². The molecule has 0 aromatic heterocycles. The van der Waals surface area contributed by atoms with Gasteiger partial charge in [0.1, 0.15) is 0 Å². The number of hydrogen-bond donors (Lipinski definition) is 1. The Morgan fingerprint density at radius 3 is 2.32 bits per heavy atom. The Morgan fingerprint density at radius 2 is 1.63 bits per heavy atom. The topological polar surface area (TPSA) is 47.9 Å². The van der Waals surface area contributed by atoms with E-state index in [4.69, 9.17) is 14.2 Å². The maximum atomic E-state index is 9.56. The summed E-state index contributed by atoms with van der Waals surface area (Å²) in [5.41, 5.74) is 0. The summed E-state index contributed by atoms with van der Waals surface area (Å²) in [7, 11) is 0. The SMILES string of the molecule is CCOCCCOCCCOCC1CCCC(O)C1. The predicted octanol–water partition coefficient (Wildman–Crippen LogP) is 2.39. The van der Waals surface area contributed by atoms with E-state index in [-0.39, 0.29) is 6.10 Å². The highest BCUT2D eigenvalue weighted by atomic mass is 16.5. The van der Waals surface area contributed by atoms with Crippen LogP contribution in [0.1, 0.15) is 45.4 Å². The number of hydrogen-bond acceptors (Lipinski definition) is 4. The summed E-state index contributed by atoms with van der Waals surface area (Å²) >= 11 is 0. The van der Waals surface area contributed by atoms with Gasteiger partial charge >= 0.3 is 0 Å². The van der Waals surface area contributed by atoms with Crippen LogP contribution in [0.15, 0.2) is 0 Å². The Labute approximate surface area is 117 Å². The minimum atomic E-state index is -0.101. The molecular weight excluding hydrogens is 244 g/mol. The highest BCUT2D eigenvalue weighted by Crippen LogP contribution is 2.24. The quantitative estimate of drug-likeness (QED) is 0.588. The summed E-state index contributed by atoms with van der Waals surface area (Å²) in [6.45, 7) is 6.66. The first kappa shape index (κ1) is 16.9. The molecule has 0 spiro atoms. The molecule has 19 heavy (non-hydrogen) atoms. The van der Waals surface area contributed by atoms with Gasteiger partial charge in [-0.1, -0.05) is 6.42 Å². The molecule has 1 saturated carbocycles. The molecule has 1 aliphatic rings. The van der Waals surface area contributed by atoms with Crippen molar-refractivity contribution in [3.63, 3.8) is 0 Å². The number of rotatable bonds is 11. The zero-order chi connectivity index (χ0) is 13.8. The first-order valence-corrected chi connectivity index (χ1v) is 7.74. The van der Waals surface area contributed by atoms with Crippen molar-refractivity contribution in [2.24, 2.45) is 5.92 Å². The Morgan fingerprint density at radius 1 is 0.947 bits per heavy atom. The molecule has 2 unspecified atom stereocenters. The fraction of sp³-hybridized carbons (Fsp3) is 1.00. The second kappa shape index (κ2) is 11.6. The molecule has 0 aromatic carbocycles. The van der Waals surface area contributed by atoms with Crippen LogP contribution in [0.4, 0.5) is 0 Å². The van der Waals surface area contributed by atoms with E-state index in [2.05, 4.69) is 0 Å². The van der Waals surface area contributed by atoms with Gasteiger partial charge in [-0.25, -0.2) is 0 Å². The standard InChI is InChI=1S/C15H30O4/c1-2-17-8-4-9-18-10-5-11-19-13-14-6-3-7-15(16)12-14/h14-16H,2-13H2,1H3. The largest absolute Gasteiger partial charge is 0.393 e. The van der Waals surface area contributed by atoms with E-state index in [1.165, 1.54) is 6.42 Å². The van der Waals surface area contributed by atoms with Crippen molar-refractivity contribution < 1.29 is 19.3 Å². The normalized spacial score (nSPS) is 23.7. The van der Waals surface area contributed by atoms with Gasteiger partial charge in [-0.05, 0) is 44.9 Å². The van der Waals surface area contributed by atoms with Gasteiger partial charge in [0.25, 0.3) is 0 Å². The number of aliphatic hydroxyl groups excluding tert-OH is 1. The highest BCUT2D eigenvalue weighted by molar-refractivity contribution is 4.71. The fourth-order valence-electron chi connectivity index (χ4n) is 2.44. The van der Waals surface area contributed by atoms with E-state index in [1.807, 2.05) is 6.92 Å². The Bertz CT molecular complexity index is 199. The zero-order valence-electron chi connectivity index (χ0n) is 12.3. The maximum absolute atomic E-state index is 9.56. The minimum Gasteiger partial charge on any atom is -0.393 e. The average molecular weight is 274 g/mol. The van der Waals surface area contributed by atoms with E-state index < -0.39 is 0 Å². The van der Waals surface area contributed by atoms with Crippen molar-refractivity contribution in [3.05, 3.63) is 0 Å². The van der Waals surface area contributed by atoms with Crippen molar-refractivity contribution in [2.75, 3.05) is 39.6 Å². The van der Waals surface area contributed by atoms with Crippen LogP contribution in [0.5, 0.6) is 0 Å². The Kier molecular flexibility index (Phi) is 10.4. The highest BCUT2D eigenvalue weighted by Gasteiger charge is 2.19. The Hall–Kier alpha value is -0.160. The van der Waals surface area contributed by atoms with Gasteiger partial charge in [-0.3, -0.25) is 0 Å². The summed E-state index contributed by atoms with van der Waals surface area (Å²) < 4.78 is 16.4.